The summed E-state index contributed by atoms with van der Waals surface area (Å²) in [5.41, 5.74) is 5.53. The standard InChI is InChI=1S/C10H14O.C9H13.2CH3.2ClH.Si.Ti/c1-10(2,3)8-5-4-6-9(11)7-8;1-6-5-7(2)9(4)8(6)3;;;;;;/h4-7,11H,1-3H3;6H,1-4H3;2*1H3;2*1H;;/q;3*-1;;;;+3. The Morgan fingerprint density at radius 3 is 1.65 bits per heavy atom. The van der Waals surface area contributed by atoms with Gasteiger partial charge in [0.05, 0.1) is 0 Å². The number of hydrogen-bond acceptors (Lipinski definition) is 1. The van der Waals surface area contributed by atoms with Crippen molar-refractivity contribution in [3.05, 3.63) is 67.5 Å². The number of phenolic OH excluding ortho intramolecular Hbond substituents is 1. The molecule has 5 radical (unpaired) electrons. The molecular formula is C21H35Cl2OSiTi. The van der Waals surface area contributed by atoms with Gasteiger partial charge in [-0.15, -0.1) is 31.7 Å². The van der Waals surface area contributed by atoms with Crippen LogP contribution in [0.15, 0.2) is 41.0 Å². The van der Waals surface area contributed by atoms with Crippen LogP contribution < -0.4 is 0 Å². The van der Waals surface area contributed by atoms with Gasteiger partial charge >= 0.3 is 21.7 Å². The van der Waals surface area contributed by atoms with Crippen molar-refractivity contribution in [3.8, 4) is 5.75 Å². The summed E-state index contributed by atoms with van der Waals surface area (Å²) in [5.74, 6) is 0.905. The van der Waals surface area contributed by atoms with Gasteiger partial charge in [-0.1, -0.05) is 59.6 Å². The van der Waals surface area contributed by atoms with Gasteiger partial charge < -0.3 is 20.0 Å². The van der Waals surface area contributed by atoms with Crippen molar-refractivity contribution in [3.63, 3.8) is 0 Å². The monoisotopic (exact) mass is 449 g/mol. The number of hydrogen-bond donors (Lipinski definition) is 1. The van der Waals surface area contributed by atoms with Gasteiger partial charge in [0.15, 0.2) is 0 Å². The summed E-state index contributed by atoms with van der Waals surface area (Å²) in [5, 5.41) is 9.18. The fraction of sp³-hybridized carbons (Fsp3) is 0.429. The smallest absolute Gasteiger partial charge is 0.508 e. The number of aromatic hydroxyl groups is 1. The van der Waals surface area contributed by atoms with E-state index in [1.807, 2.05) is 12.1 Å². The predicted octanol–water partition coefficient (Wildman–Crippen LogP) is 6.77. The molecule has 1 atom stereocenters. The summed E-state index contributed by atoms with van der Waals surface area (Å²) in [6.45, 7) is 15.0. The minimum atomic E-state index is 0. The van der Waals surface area contributed by atoms with Gasteiger partial charge in [-0.2, -0.15) is 11.1 Å². The quantitative estimate of drug-likeness (QED) is 0.342. The average molecular weight is 450 g/mol. The van der Waals surface area contributed by atoms with Crippen LogP contribution in [-0.2, 0) is 27.1 Å². The molecule has 0 saturated heterocycles. The Morgan fingerprint density at radius 1 is 1.00 bits per heavy atom. The van der Waals surface area contributed by atoms with E-state index in [1.54, 1.807) is 12.1 Å². The molecule has 1 N–H and O–H groups in total. The Hall–Kier alpha value is 0.0112. The van der Waals surface area contributed by atoms with E-state index in [2.05, 4.69) is 54.5 Å². The summed E-state index contributed by atoms with van der Waals surface area (Å²) < 4.78 is 0. The molecule has 1 aromatic rings. The van der Waals surface area contributed by atoms with E-state index < -0.39 is 0 Å². The zero-order chi connectivity index (χ0) is 15.5. The van der Waals surface area contributed by atoms with Crippen molar-refractivity contribution >= 4 is 35.8 Å². The maximum atomic E-state index is 9.18. The molecule has 1 aliphatic rings. The van der Waals surface area contributed by atoms with Crippen molar-refractivity contribution in [1.82, 2.24) is 0 Å². The maximum absolute atomic E-state index is 9.18. The third-order valence-electron chi connectivity index (χ3n) is 3.95. The third-order valence-corrected chi connectivity index (χ3v) is 3.95. The second-order valence-corrected chi connectivity index (χ2v) is 6.60. The van der Waals surface area contributed by atoms with Gasteiger partial charge in [0.1, 0.15) is 5.75 Å². The summed E-state index contributed by atoms with van der Waals surface area (Å²) in [6, 6.07) is 7.39. The van der Waals surface area contributed by atoms with E-state index >= 15 is 0 Å². The van der Waals surface area contributed by atoms with Crippen LogP contribution >= 0.6 is 24.8 Å². The second kappa shape index (κ2) is 17.1. The summed E-state index contributed by atoms with van der Waals surface area (Å²) in [6.07, 6.45) is 3.36. The molecule has 0 spiro atoms. The van der Waals surface area contributed by atoms with Crippen molar-refractivity contribution in [1.29, 1.82) is 0 Å². The minimum Gasteiger partial charge on any atom is -0.508 e. The van der Waals surface area contributed by atoms with Gasteiger partial charge in [-0.3, -0.25) is 6.08 Å². The van der Waals surface area contributed by atoms with Crippen LogP contribution in [0, 0.1) is 26.8 Å². The molecule has 1 aliphatic carbocycles. The maximum Gasteiger partial charge on any atom is 3.00 e. The van der Waals surface area contributed by atoms with E-state index in [-0.39, 0.29) is 77.8 Å². The van der Waals surface area contributed by atoms with Crippen LogP contribution in [0.4, 0.5) is 0 Å². The van der Waals surface area contributed by atoms with Crippen LogP contribution in [0.5, 0.6) is 5.75 Å². The molecule has 1 aromatic carbocycles. The Bertz CT molecular complexity index is 549. The molecule has 0 saturated carbocycles. The van der Waals surface area contributed by atoms with Crippen molar-refractivity contribution in [2.24, 2.45) is 5.92 Å². The predicted molar refractivity (Wildman–Crippen MR) is 120 cm³/mol. The Morgan fingerprint density at radius 2 is 1.46 bits per heavy atom. The molecule has 26 heavy (non-hydrogen) atoms. The molecule has 1 nitrogen and oxygen atoms in total. The number of halogens is 2. The summed E-state index contributed by atoms with van der Waals surface area (Å²) >= 11 is 0. The van der Waals surface area contributed by atoms with Crippen LogP contribution in [0.3, 0.4) is 0 Å². The van der Waals surface area contributed by atoms with Crippen LogP contribution in [0.25, 0.3) is 0 Å². The number of rotatable bonds is 0. The molecule has 147 valence electrons. The second-order valence-electron chi connectivity index (χ2n) is 6.60. The molecule has 0 amide bonds. The first-order valence-corrected chi connectivity index (χ1v) is 7.20. The van der Waals surface area contributed by atoms with Crippen molar-refractivity contribution in [2.75, 3.05) is 0 Å². The first-order chi connectivity index (χ1) is 9.12. The van der Waals surface area contributed by atoms with Gasteiger partial charge in [0, 0.05) is 11.0 Å². The van der Waals surface area contributed by atoms with Gasteiger partial charge in [0.2, 0.25) is 0 Å². The molecule has 0 aliphatic heterocycles. The molecular weight excluding hydrogens is 415 g/mol. The SMILES string of the molecule is CC(C)(C)c1cccc(O)c1.CC1=[C-]C(C)C(C)=C1C.Cl.Cl.[CH3-].[CH3-].[Si].[Ti+3]. The van der Waals surface area contributed by atoms with Crippen LogP contribution in [0.1, 0.15) is 54.0 Å². The zero-order valence-electron chi connectivity index (χ0n) is 17.7. The molecule has 0 bridgehead atoms. The molecule has 0 fully saturated rings. The summed E-state index contributed by atoms with van der Waals surface area (Å²) in [7, 11) is 0. The van der Waals surface area contributed by atoms with Gasteiger partial charge in [0.25, 0.3) is 0 Å². The van der Waals surface area contributed by atoms with E-state index in [4.69, 9.17) is 0 Å². The third kappa shape index (κ3) is 12.4. The normalized spacial score (nSPS) is 14.3. The number of allylic oxidation sites excluding steroid dienone is 4. The van der Waals surface area contributed by atoms with E-state index in [1.165, 1.54) is 16.7 Å². The van der Waals surface area contributed by atoms with Crippen LogP contribution in [-0.4, -0.2) is 16.1 Å². The van der Waals surface area contributed by atoms with Gasteiger partial charge in [-0.25, -0.2) is 5.57 Å². The summed E-state index contributed by atoms with van der Waals surface area (Å²) in [4.78, 5) is 0. The Kier molecular flexibility index (Phi) is 26.8. The topological polar surface area (TPSA) is 20.2 Å². The van der Waals surface area contributed by atoms with Gasteiger partial charge in [-0.05, 0) is 23.1 Å². The largest absolute Gasteiger partial charge is 3.00 e. The first-order valence-electron chi connectivity index (χ1n) is 7.20. The Labute approximate surface area is 194 Å². The van der Waals surface area contributed by atoms with E-state index in [0.717, 1.165) is 5.56 Å². The zero-order valence-corrected chi connectivity index (χ0v) is 21.8. The van der Waals surface area contributed by atoms with Crippen molar-refractivity contribution in [2.45, 2.75) is 53.9 Å². The molecule has 1 unspecified atom stereocenters. The minimum absolute atomic E-state index is 0. The average Bonchev–Trinajstić information content (AvgIpc) is 2.56. The fourth-order valence-electron chi connectivity index (χ4n) is 2.13. The fourth-order valence-corrected chi connectivity index (χ4v) is 2.13. The number of phenols is 1. The number of benzene rings is 1. The van der Waals surface area contributed by atoms with E-state index in [9.17, 15) is 5.11 Å². The van der Waals surface area contributed by atoms with Crippen molar-refractivity contribution < 1.29 is 26.8 Å². The molecule has 5 heteroatoms. The van der Waals surface area contributed by atoms with E-state index in [0.29, 0.717) is 11.7 Å². The Balaban J connectivity index is -0.0000000631. The van der Waals surface area contributed by atoms with Crippen LogP contribution in [0.2, 0.25) is 0 Å². The molecule has 2 rings (SSSR count). The molecule has 0 heterocycles. The molecule has 0 aromatic heterocycles. The first kappa shape index (κ1) is 40.6.